The highest BCUT2D eigenvalue weighted by Gasteiger charge is 2.34. The summed E-state index contributed by atoms with van der Waals surface area (Å²) in [6.45, 7) is 4.28. The van der Waals surface area contributed by atoms with E-state index in [0.717, 1.165) is 12.5 Å². The molecule has 92 valence electrons. The molecule has 3 aliphatic heterocycles. The van der Waals surface area contributed by atoms with E-state index in [1.165, 1.54) is 33.0 Å². The van der Waals surface area contributed by atoms with Gasteiger partial charge in [0.05, 0.1) is 7.11 Å². The zero-order valence-electron chi connectivity index (χ0n) is 9.62. The van der Waals surface area contributed by atoms with E-state index in [4.69, 9.17) is 0 Å². The molecule has 0 spiro atoms. The Morgan fingerprint density at radius 1 is 1.56 bits per heavy atom. The van der Waals surface area contributed by atoms with Crippen LogP contribution in [0.2, 0.25) is 0 Å². The van der Waals surface area contributed by atoms with Crippen LogP contribution < -0.4 is 5.32 Å². The summed E-state index contributed by atoms with van der Waals surface area (Å²) >= 11 is 3.33. The molecule has 0 aliphatic carbocycles. The molecule has 3 saturated heterocycles. The fourth-order valence-corrected chi connectivity index (χ4v) is 3.04. The molecule has 0 aromatic rings. The second kappa shape index (κ2) is 5.47. The van der Waals surface area contributed by atoms with Crippen LogP contribution >= 0.6 is 15.9 Å². The van der Waals surface area contributed by atoms with E-state index in [1.807, 2.05) is 0 Å². The number of nitrogens with zero attached hydrogens (tertiary/aromatic N) is 1. The summed E-state index contributed by atoms with van der Waals surface area (Å²) < 4.78 is 4.68. The van der Waals surface area contributed by atoms with Gasteiger partial charge in [-0.2, -0.15) is 0 Å². The number of carbonyl (C=O) groups excluding carboxylic acids is 1. The van der Waals surface area contributed by atoms with E-state index in [-0.39, 0.29) is 10.8 Å². The standard InChI is InChI=1S/C11H19BrN2O2/c1-16-11(15)9(12)6-13-10-7-14-4-2-8(10)3-5-14/h8-10,13H,2-7H2,1H3. The fraction of sp³-hybridized carbons (Fsp3) is 0.909. The van der Waals surface area contributed by atoms with E-state index < -0.39 is 0 Å². The number of methoxy groups -OCH3 is 1. The Balaban J connectivity index is 1.76. The number of hydrogen-bond acceptors (Lipinski definition) is 4. The summed E-state index contributed by atoms with van der Waals surface area (Å²) in [6, 6.07) is 0.548. The van der Waals surface area contributed by atoms with E-state index in [0.29, 0.717) is 12.6 Å². The Labute approximate surface area is 105 Å². The van der Waals surface area contributed by atoms with E-state index >= 15 is 0 Å². The number of alkyl halides is 1. The highest BCUT2D eigenvalue weighted by Crippen LogP contribution is 2.27. The van der Waals surface area contributed by atoms with Gasteiger partial charge in [0.2, 0.25) is 0 Å². The summed E-state index contributed by atoms with van der Waals surface area (Å²) in [6.07, 6.45) is 2.59. The molecule has 0 saturated carbocycles. The van der Waals surface area contributed by atoms with Crippen LogP contribution in [-0.2, 0) is 9.53 Å². The zero-order valence-corrected chi connectivity index (χ0v) is 11.2. The van der Waals surface area contributed by atoms with Crippen LogP contribution in [0, 0.1) is 5.92 Å². The van der Waals surface area contributed by atoms with Gasteiger partial charge in [0.25, 0.3) is 0 Å². The maximum atomic E-state index is 11.2. The van der Waals surface area contributed by atoms with E-state index in [1.54, 1.807) is 0 Å². The minimum Gasteiger partial charge on any atom is -0.468 e. The Morgan fingerprint density at radius 2 is 2.25 bits per heavy atom. The predicted octanol–water partition coefficient (Wildman–Crippen LogP) is 0.607. The van der Waals surface area contributed by atoms with Crippen molar-refractivity contribution < 1.29 is 9.53 Å². The molecule has 2 unspecified atom stereocenters. The van der Waals surface area contributed by atoms with Crippen LogP contribution in [0.5, 0.6) is 0 Å². The quantitative estimate of drug-likeness (QED) is 0.608. The van der Waals surface area contributed by atoms with Crippen molar-refractivity contribution >= 4 is 21.9 Å². The molecule has 1 N–H and O–H groups in total. The number of fused-ring (bicyclic) bond motifs is 3. The fourth-order valence-electron chi connectivity index (χ4n) is 2.66. The van der Waals surface area contributed by atoms with Crippen LogP contribution in [0.15, 0.2) is 0 Å². The Morgan fingerprint density at radius 3 is 2.75 bits per heavy atom. The lowest BCUT2D eigenvalue weighted by Crippen LogP contribution is -2.57. The van der Waals surface area contributed by atoms with Crippen LogP contribution in [0.3, 0.4) is 0 Å². The lowest BCUT2D eigenvalue weighted by Gasteiger charge is -2.45. The average molecular weight is 291 g/mol. The topological polar surface area (TPSA) is 41.6 Å². The molecule has 3 rings (SSSR count). The number of ether oxygens (including phenoxy) is 1. The van der Waals surface area contributed by atoms with E-state index in [2.05, 4.69) is 30.9 Å². The minimum atomic E-state index is -0.229. The van der Waals surface area contributed by atoms with Gasteiger partial charge in [-0.1, -0.05) is 15.9 Å². The summed E-state index contributed by atoms with van der Waals surface area (Å²) in [7, 11) is 1.42. The molecule has 4 nitrogen and oxygen atoms in total. The molecule has 0 aromatic heterocycles. The first-order chi connectivity index (χ1) is 7.70. The van der Waals surface area contributed by atoms with Gasteiger partial charge in [-0.3, -0.25) is 4.79 Å². The molecular formula is C11H19BrN2O2. The van der Waals surface area contributed by atoms with Crippen LogP contribution in [0.1, 0.15) is 12.8 Å². The van der Waals surface area contributed by atoms with Gasteiger partial charge in [0.15, 0.2) is 0 Å². The molecule has 2 bridgehead atoms. The molecule has 2 atom stereocenters. The van der Waals surface area contributed by atoms with Gasteiger partial charge in [0.1, 0.15) is 4.83 Å². The molecule has 0 amide bonds. The molecular weight excluding hydrogens is 272 g/mol. The molecule has 3 fully saturated rings. The second-order valence-electron chi connectivity index (χ2n) is 4.64. The number of halogens is 1. The molecule has 16 heavy (non-hydrogen) atoms. The number of piperidine rings is 3. The number of carbonyl (C=O) groups is 1. The van der Waals surface area contributed by atoms with Crippen molar-refractivity contribution in [2.75, 3.05) is 33.3 Å². The summed E-state index contributed by atoms with van der Waals surface area (Å²) in [5, 5.41) is 3.48. The maximum absolute atomic E-state index is 11.2. The highest BCUT2D eigenvalue weighted by atomic mass is 79.9. The van der Waals surface area contributed by atoms with Gasteiger partial charge < -0.3 is 15.0 Å². The molecule has 3 aliphatic rings. The van der Waals surface area contributed by atoms with Crippen molar-refractivity contribution in [3.8, 4) is 0 Å². The third-order valence-corrected chi connectivity index (χ3v) is 4.37. The van der Waals surface area contributed by atoms with Crippen molar-refractivity contribution in [3.05, 3.63) is 0 Å². The monoisotopic (exact) mass is 290 g/mol. The second-order valence-corrected chi connectivity index (χ2v) is 5.75. The summed E-state index contributed by atoms with van der Waals surface area (Å²) in [5.74, 6) is 0.594. The van der Waals surface area contributed by atoms with Gasteiger partial charge in [-0.25, -0.2) is 0 Å². The van der Waals surface area contributed by atoms with Gasteiger partial charge >= 0.3 is 5.97 Å². The first-order valence-corrected chi connectivity index (χ1v) is 6.80. The number of nitrogens with one attached hydrogen (secondary N) is 1. The highest BCUT2D eigenvalue weighted by molar-refractivity contribution is 9.10. The van der Waals surface area contributed by atoms with Crippen molar-refractivity contribution in [1.29, 1.82) is 0 Å². The summed E-state index contributed by atoms with van der Waals surface area (Å²) in [5.41, 5.74) is 0. The van der Waals surface area contributed by atoms with Gasteiger partial charge in [-0.05, 0) is 31.8 Å². The largest absolute Gasteiger partial charge is 0.468 e. The number of esters is 1. The molecule has 3 heterocycles. The van der Waals surface area contributed by atoms with Crippen molar-refractivity contribution in [2.45, 2.75) is 23.7 Å². The lowest BCUT2D eigenvalue weighted by molar-refractivity contribution is -0.139. The molecule has 0 radical (unpaired) electrons. The number of rotatable bonds is 4. The predicted molar refractivity (Wildman–Crippen MR) is 65.7 cm³/mol. The van der Waals surface area contributed by atoms with Gasteiger partial charge in [-0.15, -0.1) is 0 Å². The van der Waals surface area contributed by atoms with E-state index in [9.17, 15) is 4.79 Å². The number of hydrogen-bond donors (Lipinski definition) is 1. The minimum absolute atomic E-state index is 0.200. The molecule has 0 aromatic carbocycles. The Hall–Kier alpha value is -0.130. The van der Waals surface area contributed by atoms with Crippen molar-refractivity contribution in [2.24, 2.45) is 5.92 Å². The van der Waals surface area contributed by atoms with Crippen molar-refractivity contribution in [1.82, 2.24) is 10.2 Å². The zero-order chi connectivity index (χ0) is 11.5. The first-order valence-electron chi connectivity index (χ1n) is 5.88. The Kier molecular flexibility index (Phi) is 4.21. The van der Waals surface area contributed by atoms with Crippen molar-refractivity contribution in [3.63, 3.8) is 0 Å². The third-order valence-electron chi connectivity index (χ3n) is 3.67. The SMILES string of the molecule is COC(=O)C(Br)CNC1CN2CCC1CC2. The smallest absolute Gasteiger partial charge is 0.320 e. The first kappa shape index (κ1) is 12.3. The third kappa shape index (κ3) is 2.76. The maximum Gasteiger partial charge on any atom is 0.320 e. The Bertz CT molecular complexity index is 254. The average Bonchev–Trinajstić information content (AvgIpc) is 2.36. The molecule has 5 heteroatoms. The van der Waals surface area contributed by atoms with Gasteiger partial charge in [0, 0.05) is 19.1 Å². The summed E-state index contributed by atoms with van der Waals surface area (Å²) in [4.78, 5) is 13.5. The van der Waals surface area contributed by atoms with Crippen LogP contribution in [-0.4, -0.2) is 55.0 Å². The van der Waals surface area contributed by atoms with Crippen LogP contribution in [0.25, 0.3) is 0 Å². The van der Waals surface area contributed by atoms with Crippen LogP contribution in [0.4, 0.5) is 0 Å². The lowest BCUT2D eigenvalue weighted by atomic mass is 9.84. The normalized spacial score (nSPS) is 34.8.